The van der Waals surface area contributed by atoms with Gasteiger partial charge >= 0.3 is 6.03 Å². The second-order valence-electron chi connectivity index (χ2n) is 2.26. The third-order valence-corrected chi connectivity index (χ3v) is 2.20. The van der Waals surface area contributed by atoms with Gasteiger partial charge in [-0.2, -0.15) is 0 Å². The molecule has 0 aliphatic carbocycles. The normalized spacial score (nSPS) is 22.9. The summed E-state index contributed by atoms with van der Waals surface area (Å²) in [5, 5.41) is 19.5. The van der Waals surface area contributed by atoms with Gasteiger partial charge in [0.25, 0.3) is 0 Å². The summed E-state index contributed by atoms with van der Waals surface area (Å²) >= 11 is 1.21. The number of rotatable bonds is 1. The molecule has 0 spiro atoms. The Balaban J connectivity index is 2.28. The number of carbonyl (C=O) groups excluding carboxylic acids is 1. The number of aromatic nitrogens is 2. The minimum Gasteiger partial charge on any atom is -0.371 e. The van der Waals surface area contributed by atoms with Crippen LogP contribution in [-0.2, 0) is 0 Å². The number of amides is 2. The average Bonchev–Trinajstić information content (AvgIpc) is 2.61. The van der Waals surface area contributed by atoms with Crippen molar-refractivity contribution >= 4 is 22.5 Å². The van der Waals surface area contributed by atoms with Gasteiger partial charge in [-0.15, -0.1) is 10.2 Å². The van der Waals surface area contributed by atoms with Crippen molar-refractivity contribution in [2.24, 2.45) is 0 Å². The molecule has 1 fully saturated rings. The topological polar surface area (TPSA) is 78.4 Å². The van der Waals surface area contributed by atoms with Crippen LogP contribution in [0.5, 0.6) is 0 Å². The lowest BCUT2D eigenvalue weighted by Gasteiger charge is -2.13. The first-order valence-corrected chi connectivity index (χ1v) is 4.18. The Morgan fingerprint density at radius 3 is 3.17 bits per heavy atom. The molecule has 0 saturated carbocycles. The molecule has 7 heteroatoms. The minimum absolute atomic E-state index is 0.235. The molecule has 12 heavy (non-hydrogen) atoms. The molecule has 0 bridgehead atoms. The first-order valence-electron chi connectivity index (χ1n) is 3.30. The summed E-state index contributed by atoms with van der Waals surface area (Å²) < 4.78 is 0. The number of nitrogens with zero attached hydrogens (tertiary/aromatic N) is 3. The summed E-state index contributed by atoms with van der Waals surface area (Å²) in [6.07, 6.45) is -0.828. The molecule has 0 radical (unpaired) electrons. The monoisotopic (exact) mass is 186 g/mol. The largest absolute Gasteiger partial charge is 0.371 e. The van der Waals surface area contributed by atoms with Gasteiger partial charge in [-0.05, 0) is 0 Å². The van der Waals surface area contributed by atoms with Crippen LogP contribution in [0.3, 0.4) is 0 Å². The Labute approximate surface area is 71.8 Å². The molecule has 64 valence electrons. The van der Waals surface area contributed by atoms with Crippen LogP contribution < -0.4 is 10.2 Å². The minimum atomic E-state index is -0.828. The van der Waals surface area contributed by atoms with Crippen molar-refractivity contribution in [1.29, 1.82) is 0 Å². The van der Waals surface area contributed by atoms with Crippen molar-refractivity contribution in [3.05, 3.63) is 5.51 Å². The molecule has 1 unspecified atom stereocenters. The second kappa shape index (κ2) is 2.68. The number of aliphatic hydroxyl groups is 1. The average molecular weight is 186 g/mol. The SMILES string of the molecule is O=C1NCC(O)N1c1nncs1. The van der Waals surface area contributed by atoms with Gasteiger partial charge in [-0.25, -0.2) is 9.69 Å². The molecule has 1 aromatic heterocycles. The summed E-state index contributed by atoms with van der Waals surface area (Å²) in [5.41, 5.74) is 1.51. The van der Waals surface area contributed by atoms with E-state index in [-0.39, 0.29) is 12.6 Å². The summed E-state index contributed by atoms with van der Waals surface area (Å²) in [5.74, 6) is 0. The van der Waals surface area contributed by atoms with Gasteiger partial charge in [0.15, 0.2) is 6.23 Å². The standard InChI is InChI=1S/C5H6N4O2S/c10-3-1-6-4(11)9(3)5-8-7-2-12-5/h2-3,10H,1H2,(H,6,11). The van der Waals surface area contributed by atoms with E-state index >= 15 is 0 Å². The van der Waals surface area contributed by atoms with Crippen LogP contribution in [0.4, 0.5) is 9.93 Å². The number of β-amino-alcohol motifs (C(OH)–C–C–N with tert-alkyl or cyclic N) is 1. The number of aliphatic hydroxyl groups excluding tert-OH is 1. The van der Waals surface area contributed by atoms with E-state index in [4.69, 9.17) is 0 Å². The maximum atomic E-state index is 11.1. The molecule has 1 aromatic rings. The molecule has 2 N–H and O–H groups in total. The van der Waals surface area contributed by atoms with Crippen molar-refractivity contribution in [3.63, 3.8) is 0 Å². The van der Waals surface area contributed by atoms with Gasteiger partial charge in [-0.3, -0.25) is 0 Å². The Morgan fingerprint density at radius 2 is 2.67 bits per heavy atom. The number of urea groups is 1. The van der Waals surface area contributed by atoms with Gasteiger partial charge in [0.2, 0.25) is 5.13 Å². The van der Waals surface area contributed by atoms with Crippen LogP contribution in [0, 0.1) is 0 Å². The quantitative estimate of drug-likeness (QED) is 0.613. The number of carbonyl (C=O) groups is 1. The predicted molar refractivity (Wildman–Crippen MR) is 41.8 cm³/mol. The molecule has 2 heterocycles. The molecule has 6 nitrogen and oxygen atoms in total. The van der Waals surface area contributed by atoms with Crippen LogP contribution in [0.15, 0.2) is 5.51 Å². The van der Waals surface area contributed by atoms with Crippen molar-refractivity contribution in [1.82, 2.24) is 15.5 Å². The van der Waals surface area contributed by atoms with Crippen LogP contribution in [0.2, 0.25) is 0 Å². The fourth-order valence-corrected chi connectivity index (χ4v) is 1.58. The Hall–Kier alpha value is -1.21. The van der Waals surface area contributed by atoms with Gasteiger partial charge < -0.3 is 10.4 Å². The highest BCUT2D eigenvalue weighted by Crippen LogP contribution is 2.19. The van der Waals surface area contributed by atoms with Crippen molar-refractivity contribution in [2.45, 2.75) is 6.23 Å². The molecule has 1 aliphatic rings. The first kappa shape index (κ1) is 7.44. The highest BCUT2D eigenvalue weighted by atomic mass is 32.1. The number of anilines is 1. The van der Waals surface area contributed by atoms with Crippen molar-refractivity contribution < 1.29 is 9.90 Å². The maximum Gasteiger partial charge on any atom is 0.326 e. The van der Waals surface area contributed by atoms with E-state index < -0.39 is 6.23 Å². The zero-order chi connectivity index (χ0) is 8.55. The fraction of sp³-hybridized carbons (Fsp3) is 0.400. The van der Waals surface area contributed by atoms with Gasteiger partial charge in [-0.1, -0.05) is 11.3 Å². The molecule has 1 aliphatic heterocycles. The summed E-state index contributed by atoms with van der Waals surface area (Å²) in [6, 6.07) is -0.334. The number of nitrogens with one attached hydrogen (secondary N) is 1. The first-order chi connectivity index (χ1) is 5.79. The number of hydrogen-bond donors (Lipinski definition) is 2. The van der Waals surface area contributed by atoms with Crippen LogP contribution >= 0.6 is 11.3 Å². The predicted octanol–water partition coefficient (Wildman–Crippen LogP) is -0.614. The lowest BCUT2D eigenvalue weighted by Crippen LogP contribution is -2.33. The summed E-state index contributed by atoms with van der Waals surface area (Å²) in [7, 11) is 0. The maximum absolute atomic E-state index is 11.1. The van der Waals surface area contributed by atoms with E-state index in [0.717, 1.165) is 0 Å². The molecular weight excluding hydrogens is 180 g/mol. The van der Waals surface area contributed by atoms with Crippen LogP contribution in [-0.4, -0.2) is 34.1 Å². The fourth-order valence-electron chi connectivity index (χ4n) is 0.977. The summed E-state index contributed by atoms with van der Waals surface area (Å²) in [6.45, 7) is 0.235. The Kier molecular flexibility index (Phi) is 1.66. The van der Waals surface area contributed by atoms with Crippen LogP contribution in [0.25, 0.3) is 0 Å². The lowest BCUT2D eigenvalue weighted by molar-refractivity contribution is 0.196. The van der Waals surface area contributed by atoms with Gasteiger partial charge in [0.05, 0.1) is 6.54 Å². The smallest absolute Gasteiger partial charge is 0.326 e. The Bertz CT molecular complexity index is 288. The molecule has 1 saturated heterocycles. The van der Waals surface area contributed by atoms with Crippen LogP contribution in [0.1, 0.15) is 0 Å². The second-order valence-corrected chi connectivity index (χ2v) is 3.07. The van der Waals surface area contributed by atoms with E-state index in [9.17, 15) is 9.90 Å². The van der Waals surface area contributed by atoms with Gasteiger partial charge in [0.1, 0.15) is 5.51 Å². The highest BCUT2D eigenvalue weighted by molar-refractivity contribution is 7.13. The van der Waals surface area contributed by atoms with E-state index in [0.29, 0.717) is 5.13 Å². The van der Waals surface area contributed by atoms with Gasteiger partial charge in [0, 0.05) is 0 Å². The zero-order valence-corrected chi connectivity index (χ0v) is 6.78. The molecule has 1 atom stereocenters. The Morgan fingerprint density at radius 1 is 1.83 bits per heavy atom. The van der Waals surface area contributed by atoms with E-state index in [2.05, 4.69) is 15.5 Å². The molecule has 2 amide bonds. The van der Waals surface area contributed by atoms with Crippen molar-refractivity contribution in [3.8, 4) is 0 Å². The molecular formula is C5H6N4O2S. The molecule has 2 rings (SSSR count). The van der Waals surface area contributed by atoms with E-state index in [1.165, 1.54) is 21.7 Å². The third-order valence-electron chi connectivity index (χ3n) is 1.51. The molecule has 0 aromatic carbocycles. The van der Waals surface area contributed by atoms with E-state index in [1.54, 1.807) is 0 Å². The zero-order valence-electron chi connectivity index (χ0n) is 5.97. The summed E-state index contributed by atoms with van der Waals surface area (Å²) in [4.78, 5) is 12.3. The van der Waals surface area contributed by atoms with E-state index in [1.807, 2.05) is 0 Å². The van der Waals surface area contributed by atoms with Crippen molar-refractivity contribution in [2.75, 3.05) is 11.4 Å². The third kappa shape index (κ3) is 1.03. The highest BCUT2D eigenvalue weighted by Gasteiger charge is 2.32. The number of hydrogen-bond acceptors (Lipinski definition) is 5. The lowest BCUT2D eigenvalue weighted by atomic mass is 10.6.